The largest absolute Gasteiger partial charge is 0.311 e. The van der Waals surface area contributed by atoms with Crippen molar-refractivity contribution in [3.05, 3.63) is 30.1 Å². The summed E-state index contributed by atoms with van der Waals surface area (Å²) in [6.45, 7) is 6.94. The van der Waals surface area contributed by atoms with E-state index in [-0.39, 0.29) is 0 Å². The predicted molar refractivity (Wildman–Crippen MR) is 76.9 cm³/mol. The highest BCUT2D eigenvalue weighted by Crippen LogP contribution is 2.27. The molecule has 2 bridgehead atoms. The molecule has 104 valence electrons. The lowest BCUT2D eigenvalue weighted by atomic mass is 9.84. The van der Waals surface area contributed by atoms with Crippen molar-refractivity contribution < 1.29 is 0 Å². The Hall–Kier alpha value is -0.970. The van der Waals surface area contributed by atoms with Crippen LogP contribution in [0.2, 0.25) is 0 Å². The highest BCUT2D eigenvalue weighted by molar-refractivity contribution is 5.08. The van der Waals surface area contributed by atoms with Crippen LogP contribution in [0.3, 0.4) is 0 Å². The Bertz CT molecular complexity index is 373. The average Bonchev–Trinajstić information content (AvgIpc) is 2.49. The van der Waals surface area contributed by atoms with Crippen molar-refractivity contribution in [1.29, 1.82) is 0 Å². The molecule has 3 fully saturated rings. The monoisotopic (exact) mass is 260 g/mol. The lowest BCUT2D eigenvalue weighted by Crippen LogP contribution is -2.56. The predicted octanol–water partition coefficient (Wildman–Crippen LogP) is 0.855. The maximum atomic E-state index is 4.03. The van der Waals surface area contributed by atoms with Crippen LogP contribution in [0.4, 0.5) is 0 Å². The minimum absolute atomic E-state index is 0.727. The molecule has 1 aromatic heterocycles. The van der Waals surface area contributed by atoms with E-state index in [1.165, 1.54) is 38.0 Å². The number of rotatable bonds is 6. The SMILES string of the molecule is c1cc(CNCCNC2CN3CCC2CC3)ccn1. The van der Waals surface area contributed by atoms with Crippen LogP contribution in [-0.4, -0.2) is 48.6 Å². The normalized spacial score (nSPS) is 29.6. The molecule has 0 aromatic carbocycles. The van der Waals surface area contributed by atoms with Crippen LogP contribution in [0.25, 0.3) is 0 Å². The lowest BCUT2D eigenvalue weighted by molar-refractivity contribution is 0.0731. The molecular formula is C15H24N4. The third kappa shape index (κ3) is 3.53. The van der Waals surface area contributed by atoms with Crippen molar-refractivity contribution in [3.8, 4) is 0 Å². The first-order valence-corrected chi connectivity index (χ1v) is 7.47. The molecule has 19 heavy (non-hydrogen) atoms. The number of pyridine rings is 1. The summed E-state index contributed by atoms with van der Waals surface area (Å²) in [4.78, 5) is 6.63. The third-order valence-electron chi connectivity index (χ3n) is 4.44. The Morgan fingerprint density at radius 3 is 2.63 bits per heavy atom. The molecule has 3 aliphatic heterocycles. The Kier molecular flexibility index (Phi) is 4.43. The molecule has 0 amide bonds. The van der Waals surface area contributed by atoms with Gasteiger partial charge in [-0.15, -0.1) is 0 Å². The smallest absolute Gasteiger partial charge is 0.0271 e. The standard InChI is InChI=1S/C15H24N4/c1-5-16-6-2-13(1)11-17-7-8-18-15-12-19-9-3-14(15)4-10-19/h1-2,5-6,14-15,17-18H,3-4,7-12H2. The van der Waals surface area contributed by atoms with E-state index in [9.17, 15) is 0 Å². The highest BCUT2D eigenvalue weighted by atomic mass is 15.2. The van der Waals surface area contributed by atoms with Gasteiger partial charge in [0.2, 0.25) is 0 Å². The molecule has 4 heteroatoms. The first-order valence-electron chi connectivity index (χ1n) is 7.47. The van der Waals surface area contributed by atoms with E-state index < -0.39 is 0 Å². The van der Waals surface area contributed by atoms with Gasteiger partial charge in [-0.2, -0.15) is 0 Å². The molecule has 1 aromatic rings. The van der Waals surface area contributed by atoms with Gasteiger partial charge in [0, 0.05) is 44.6 Å². The first kappa shape index (κ1) is 13.0. The van der Waals surface area contributed by atoms with Crippen molar-refractivity contribution in [3.63, 3.8) is 0 Å². The Morgan fingerprint density at radius 2 is 1.95 bits per heavy atom. The van der Waals surface area contributed by atoms with Gasteiger partial charge < -0.3 is 15.5 Å². The molecule has 2 N–H and O–H groups in total. The lowest BCUT2D eigenvalue weighted by Gasteiger charge is -2.45. The van der Waals surface area contributed by atoms with Crippen LogP contribution in [0.5, 0.6) is 0 Å². The second kappa shape index (κ2) is 6.46. The van der Waals surface area contributed by atoms with E-state index in [4.69, 9.17) is 0 Å². The molecule has 1 atom stereocenters. The van der Waals surface area contributed by atoms with Crippen molar-refractivity contribution in [2.75, 3.05) is 32.7 Å². The first-order chi connectivity index (χ1) is 9.42. The third-order valence-corrected chi connectivity index (χ3v) is 4.44. The second-order valence-corrected chi connectivity index (χ2v) is 5.73. The summed E-state index contributed by atoms with van der Waals surface area (Å²) in [7, 11) is 0. The summed E-state index contributed by atoms with van der Waals surface area (Å²) in [6, 6.07) is 4.85. The molecule has 4 heterocycles. The highest BCUT2D eigenvalue weighted by Gasteiger charge is 2.33. The van der Waals surface area contributed by atoms with E-state index in [0.717, 1.165) is 31.6 Å². The summed E-state index contributed by atoms with van der Waals surface area (Å²) >= 11 is 0. The van der Waals surface area contributed by atoms with E-state index in [1.807, 2.05) is 12.4 Å². The van der Waals surface area contributed by atoms with Gasteiger partial charge in [-0.1, -0.05) is 0 Å². The summed E-state index contributed by atoms with van der Waals surface area (Å²) < 4.78 is 0. The summed E-state index contributed by atoms with van der Waals surface area (Å²) in [6.07, 6.45) is 6.48. The maximum absolute atomic E-state index is 4.03. The summed E-state index contributed by atoms with van der Waals surface area (Å²) in [5.74, 6) is 0.921. The fraction of sp³-hybridized carbons (Fsp3) is 0.667. The molecule has 1 unspecified atom stereocenters. The van der Waals surface area contributed by atoms with Crippen LogP contribution in [0, 0.1) is 5.92 Å². The van der Waals surface area contributed by atoms with Gasteiger partial charge in [0.25, 0.3) is 0 Å². The Balaban J connectivity index is 1.31. The molecular weight excluding hydrogens is 236 g/mol. The van der Waals surface area contributed by atoms with Crippen molar-refractivity contribution in [2.24, 2.45) is 5.92 Å². The van der Waals surface area contributed by atoms with E-state index in [2.05, 4.69) is 32.7 Å². The molecule has 3 saturated heterocycles. The van der Waals surface area contributed by atoms with E-state index >= 15 is 0 Å². The molecule has 4 nitrogen and oxygen atoms in total. The number of piperidine rings is 3. The number of fused-ring (bicyclic) bond motifs is 3. The zero-order chi connectivity index (χ0) is 12.9. The van der Waals surface area contributed by atoms with Gasteiger partial charge >= 0.3 is 0 Å². The summed E-state index contributed by atoms with van der Waals surface area (Å²) in [5.41, 5.74) is 1.30. The van der Waals surface area contributed by atoms with Gasteiger partial charge in [0.15, 0.2) is 0 Å². The van der Waals surface area contributed by atoms with Crippen LogP contribution in [-0.2, 0) is 6.54 Å². The fourth-order valence-electron chi connectivity index (χ4n) is 3.28. The van der Waals surface area contributed by atoms with Crippen molar-refractivity contribution >= 4 is 0 Å². The topological polar surface area (TPSA) is 40.2 Å². The molecule has 4 rings (SSSR count). The molecule has 0 radical (unpaired) electrons. The van der Waals surface area contributed by atoms with E-state index in [1.54, 1.807) is 0 Å². The minimum Gasteiger partial charge on any atom is -0.311 e. The minimum atomic E-state index is 0.727. The number of hydrogen-bond acceptors (Lipinski definition) is 4. The number of nitrogens with zero attached hydrogens (tertiary/aromatic N) is 2. The van der Waals surface area contributed by atoms with Crippen LogP contribution in [0.1, 0.15) is 18.4 Å². The second-order valence-electron chi connectivity index (χ2n) is 5.73. The van der Waals surface area contributed by atoms with Crippen molar-refractivity contribution in [2.45, 2.75) is 25.4 Å². The van der Waals surface area contributed by atoms with Gasteiger partial charge in [0.1, 0.15) is 0 Å². The van der Waals surface area contributed by atoms with Gasteiger partial charge in [-0.05, 0) is 49.5 Å². The zero-order valence-electron chi connectivity index (χ0n) is 11.5. The Morgan fingerprint density at radius 1 is 1.16 bits per heavy atom. The number of aromatic nitrogens is 1. The van der Waals surface area contributed by atoms with Gasteiger partial charge in [-0.25, -0.2) is 0 Å². The molecule has 0 saturated carbocycles. The number of nitrogens with one attached hydrogen (secondary N) is 2. The van der Waals surface area contributed by atoms with E-state index in [0.29, 0.717) is 0 Å². The van der Waals surface area contributed by atoms with Gasteiger partial charge in [-0.3, -0.25) is 4.98 Å². The fourth-order valence-corrected chi connectivity index (χ4v) is 3.28. The van der Waals surface area contributed by atoms with Crippen molar-refractivity contribution in [1.82, 2.24) is 20.5 Å². The molecule has 3 aliphatic rings. The van der Waals surface area contributed by atoms with Crippen LogP contribution < -0.4 is 10.6 Å². The van der Waals surface area contributed by atoms with Crippen LogP contribution in [0.15, 0.2) is 24.5 Å². The van der Waals surface area contributed by atoms with Gasteiger partial charge in [0.05, 0.1) is 0 Å². The average molecular weight is 260 g/mol. The maximum Gasteiger partial charge on any atom is 0.0271 e. The van der Waals surface area contributed by atoms with Crippen LogP contribution >= 0.6 is 0 Å². The summed E-state index contributed by atoms with van der Waals surface area (Å²) in [5, 5.41) is 7.20. The zero-order valence-corrected chi connectivity index (χ0v) is 11.5. The number of hydrogen-bond donors (Lipinski definition) is 2. The molecule has 0 spiro atoms. The quantitative estimate of drug-likeness (QED) is 0.744. The Labute approximate surface area is 115 Å². The molecule has 0 aliphatic carbocycles.